The van der Waals surface area contributed by atoms with Crippen LogP contribution in [0.25, 0.3) is 5.82 Å². The number of urea groups is 1. The van der Waals surface area contributed by atoms with Crippen LogP contribution in [0.5, 0.6) is 0 Å². The van der Waals surface area contributed by atoms with Gasteiger partial charge in [-0.05, 0) is 51.3 Å². The number of imide groups is 1. The number of aryl methyl sites for hydroxylation is 2. The lowest BCUT2D eigenvalue weighted by Crippen LogP contribution is -2.49. The van der Waals surface area contributed by atoms with E-state index >= 15 is 0 Å². The Balaban J connectivity index is 1.38. The largest absolute Gasteiger partial charge is 0.350 e. The van der Waals surface area contributed by atoms with Crippen molar-refractivity contribution in [2.45, 2.75) is 64.6 Å². The highest BCUT2D eigenvalue weighted by Crippen LogP contribution is 2.35. The topological polar surface area (TPSA) is 109 Å². The first-order valence-electron chi connectivity index (χ1n) is 10.2. The van der Waals surface area contributed by atoms with Gasteiger partial charge in [0.2, 0.25) is 5.91 Å². The Morgan fingerprint density at radius 2 is 2.00 bits per heavy atom. The van der Waals surface area contributed by atoms with Gasteiger partial charge in [0.15, 0.2) is 5.82 Å². The van der Waals surface area contributed by atoms with Gasteiger partial charge in [-0.2, -0.15) is 5.10 Å². The fraction of sp³-hybridized carbons (Fsp3) is 0.476. The fourth-order valence-electron chi connectivity index (χ4n) is 4.27. The minimum absolute atomic E-state index is 0.252. The molecule has 0 bridgehead atoms. The lowest BCUT2D eigenvalue weighted by atomic mass is 9.97. The second-order valence-electron chi connectivity index (χ2n) is 8.15. The van der Waals surface area contributed by atoms with Gasteiger partial charge < -0.3 is 10.6 Å². The highest BCUT2D eigenvalue weighted by atomic mass is 16.2. The number of pyridine rings is 1. The van der Waals surface area contributed by atoms with Crippen molar-refractivity contribution < 1.29 is 14.4 Å². The predicted molar refractivity (Wildman–Crippen MR) is 109 cm³/mol. The van der Waals surface area contributed by atoms with Crippen molar-refractivity contribution in [2.24, 2.45) is 0 Å². The van der Waals surface area contributed by atoms with Crippen LogP contribution in [0.1, 0.15) is 49.6 Å². The molecule has 9 heteroatoms. The van der Waals surface area contributed by atoms with Gasteiger partial charge in [-0.1, -0.05) is 18.9 Å². The molecular formula is C21H26N6O3. The van der Waals surface area contributed by atoms with Crippen LogP contribution in [-0.4, -0.2) is 49.1 Å². The van der Waals surface area contributed by atoms with Crippen molar-refractivity contribution in [2.75, 3.05) is 0 Å². The average molecular weight is 410 g/mol. The van der Waals surface area contributed by atoms with E-state index in [9.17, 15) is 14.4 Å². The Labute approximate surface area is 174 Å². The molecule has 4 amide bonds. The lowest BCUT2D eigenvalue weighted by molar-refractivity contribution is -0.137. The minimum Gasteiger partial charge on any atom is -0.350 e. The Kier molecular flexibility index (Phi) is 5.05. The molecule has 0 radical (unpaired) electrons. The summed E-state index contributed by atoms with van der Waals surface area (Å²) in [6.45, 7) is 5.71. The predicted octanol–water partition coefficient (Wildman–Crippen LogP) is 1.75. The van der Waals surface area contributed by atoms with E-state index in [0.717, 1.165) is 34.7 Å². The first-order chi connectivity index (χ1) is 14.3. The van der Waals surface area contributed by atoms with Crippen molar-refractivity contribution in [1.82, 2.24) is 30.3 Å². The van der Waals surface area contributed by atoms with Gasteiger partial charge >= 0.3 is 6.03 Å². The third kappa shape index (κ3) is 3.44. The molecule has 1 spiro atoms. The molecular weight excluding hydrogens is 384 g/mol. The summed E-state index contributed by atoms with van der Waals surface area (Å²) in [5.74, 6) is 0.0324. The number of carbonyl (C=O) groups excluding carboxylic acids is 3. The Bertz CT molecular complexity index is 991. The highest BCUT2D eigenvalue weighted by molar-refractivity contribution is 6.09. The van der Waals surface area contributed by atoms with Crippen LogP contribution >= 0.6 is 0 Å². The van der Waals surface area contributed by atoms with Crippen LogP contribution in [0.4, 0.5) is 4.79 Å². The Morgan fingerprint density at radius 3 is 2.60 bits per heavy atom. The summed E-state index contributed by atoms with van der Waals surface area (Å²) in [6.07, 6.45) is 4.76. The molecule has 2 fully saturated rings. The number of amides is 4. The van der Waals surface area contributed by atoms with Crippen LogP contribution in [0.15, 0.2) is 24.4 Å². The van der Waals surface area contributed by atoms with Crippen LogP contribution in [-0.2, 0) is 16.1 Å². The maximum atomic E-state index is 12.8. The quantitative estimate of drug-likeness (QED) is 0.730. The zero-order valence-corrected chi connectivity index (χ0v) is 17.4. The van der Waals surface area contributed by atoms with Gasteiger partial charge in [-0.3, -0.25) is 9.59 Å². The van der Waals surface area contributed by atoms with Crippen LogP contribution in [0.3, 0.4) is 0 Å². The van der Waals surface area contributed by atoms with E-state index in [1.807, 2.05) is 32.0 Å². The molecule has 0 aromatic carbocycles. The van der Waals surface area contributed by atoms with E-state index in [1.54, 1.807) is 17.8 Å². The van der Waals surface area contributed by atoms with E-state index in [-0.39, 0.29) is 18.4 Å². The van der Waals surface area contributed by atoms with Gasteiger partial charge in [0.05, 0.1) is 5.69 Å². The molecule has 1 aliphatic carbocycles. The monoisotopic (exact) mass is 410 g/mol. The van der Waals surface area contributed by atoms with Crippen LogP contribution < -0.4 is 10.6 Å². The maximum Gasteiger partial charge on any atom is 0.325 e. The number of carbonyl (C=O) groups is 3. The summed E-state index contributed by atoms with van der Waals surface area (Å²) < 4.78 is 1.76. The molecule has 3 heterocycles. The summed E-state index contributed by atoms with van der Waals surface area (Å²) >= 11 is 0. The second kappa shape index (κ2) is 7.55. The molecule has 1 saturated carbocycles. The standard InChI is InChI=1S/C21H26N6O3/c1-13-10-14(2)27(25-13)17-7-6-16(11-22-17)12-23-18(28)15(3)26-19(29)21(24-20(26)30)8-4-5-9-21/h6-7,10-11,15H,4-5,8-9,12H2,1-3H3,(H,23,28)(H,24,30). The van der Waals surface area contributed by atoms with Gasteiger partial charge in [0.25, 0.3) is 5.91 Å². The van der Waals surface area contributed by atoms with Gasteiger partial charge in [-0.25, -0.2) is 19.4 Å². The van der Waals surface area contributed by atoms with Crippen molar-refractivity contribution in [3.63, 3.8) is 0 Å². The molecule has 1 aliphatic heterocycles. The van der Waals surface area contributed by atoms with E-state index in [2.05, 4.69) is 20.7 Å². The molecule has 4 rings (SSSR count). The van der Waals surface area contributed by atoms with Gasteiger partial charge in [0.1, 0.15) is 11.6 Å². The molecule has 2 aliphatic rings. The summed E-state index contributed by atoms with van der Waals surface area (Å²) in [5.41, 5.74) is 1.90. The first-order valence-corrected chi connectivity index (χ1v) is 10.2. The van der Waals surface area contributed by atoms with E-state index in [4.69, 9.17) is 0 Å². The van der Waals surface area contributed by atoms with Crippen molar-refractivity contribution in [1.29, 1.82) is 0 Å². The van der Waals surface area contributed by atoms with E-state index in [0.29, 0.717) is 18.7 Å². The van der Waals surface area contributed by atoms with Gasteiger partial charge in [0, 0.05) is 18.4 Å². The summed E-state index contributed by atoms with van der Waals surface area (Å²) in [4.78, 5) is 43.3. The fourth-order valence-corrected chi connectivity index (χ4v) is 4.27. The zero-order valence-electron chi connectivity index (χ0n) is 17.4. The third-order valence-corrected chi connectivity index (χ3v) is 5.92. The highest BCUT2D eigenvalue weighted by Gasteiger charge is 2.54. The molecule has 2 N–H and O–H groups in total. The van der Waals surface area contributed by atoms with Crippen LogP contribution in [0.2, 0.25) is 0 Å². The molecule has 2 aromatic heterocycles. The zero-order chi connectivity index (χ0) is 21.5. The van der Waals surface area contributed by atoms with Gasteiger partial charge in [-0.15, -0.1) is 0 Å². The second-order valence-corrected chi connectivity index (χ2v) is 8.15. The van der Waals surface area contributed by atoms with Crippen LogP contribution in [0, 0.1) is 13.8 Å². The van der Waals surface area contributed by atoms with Crippen molar-refractivity contribution >= 4 is 17.8 Å². The number of hydrogen-bond donors (Lipinski definition) is 2. The molecule has 1 saturated heterocycles. The van der Waals surface area contributed by atoms with E-state index < -0.39 is 17.6 Å². The number of rotatable bonds is 5. The Morgan fingerprint density at radius 1 is 1.27 bits per heavy atom. The average Bonchev–Trinajstić information content (AvgIpc) is 3.39. The molecule has 158 valence electrons. The summed E-state index contributed by atoms with van der Waals surface area (Å²) in [5, 5.41) is 10.0. The van der Waals surface area contributed by atoms with Crippen molar-refractivity contribution in [3.05, 3.63) is 41.3 Å². The number of aromatic nitrogens is 3. The van der Waals surface area contributed by atoms with E-state index in [1.165, 1.54) is 0 Å². The molecule has 9 nitrogen and oxygen atoms in total. The molecule has 1 atom stereocenters. The Hall–Kier alpha value is -3.23. The summed E-state index contributed by atoms with van der Waals surface area (Å²) in [7, 11) is 0. The minimum atomic E-state index is -0.876. The number of hydrogen-bond acceptors (Lipinski definition) is 5. The number of nitrogens with one attached hydrogen (secondary N) is 2. The summed E-state index contributed by atoms with van der Waals surface area (Å²) in [6, 6.07) is 4.32. The maximum absolute atomic E-state index is 12.8. The SMILES string of the molecule is Cc1cc(C)n(-c2ccc(CNC(=O)C(C)N3C(=O)NC4(CCCC4)C3=O)cn2)n1. The van der Waals surface area contributed by atoms with Crippen molar-refractivity contribution in [3.8, 4) is 5.82 Å². The smallest absolute Gasteiger partial charge is 0.325 e. The lowest BCUT2D eigenvalue weighted by Gasteiger charge is -2.23. The first kappa shape index (κ1) is 20.1. The molecule has 2 aromatic rings. The molecule has 1 unspecified atom stereocenters. The number of nitrogens with zero attached hydrogens (tertiary/aromatic N) is 4. The normalized spacial score (nSPS) is 18.7. The molecule has 30 heavy (non-hydrogen) atoms. The third-order valence-electron chi connectivity index (χ3n) is 5.92.